The van der Waals surface area contributed by atoms with Crippen molar-refractivity contribution in [3.05, 3.63) is 0 Å². The minimum atomic E-state index is -4.94. The second kappa shape index (κ2) is 55.6. The van der Waals surface area contributed by atoms with Gasteiger partial charge in [0.2, 0.25) is 0 Å². The fourth-order valence-corrected chi connectivity index (χ4v) is 10.9. The molecule has 0 aromatic heterocycles. The van der Waals surface area contributed by atoms with Crippen LogP contribution in [0.5, 0.6) is 0 Å². The highest BCUT2D eigenvalue weighted by Gasteiger charge is 2.30. The summed E-state index contributed by atoms with van der Waals surface area (Å²) in [7, 11) is -9.87. The molecule has 486 valence electrons. The maximum atomic E-state index is 13.0. The molecule has 0 fully saturated rings. The van der Waals surface area contributed by atoms with E-state index in [0.29, 0.717) is 25.7 Å². The van der Waals surface area contributed by atoms with Crippen LogP contribution in [-0.4, -0.2) is 96.7 Å². The second-order valence-electron chi connectivity index (χ2n) is 23.7. The molecule has 3 N–H and O–H groups in total. The largest absolute Gasteiger partial charge is 0.472 e. The second-order valence-corrected chi connectivity index (χ2v) is 26.7. The van der Waals surface area contributed by atoms with Crippen molar-refractivity contribution in [3.8, 4) is 0 Å². The highest BCUT2D eigenvalue weighted by Crippen LogP contribution is 2.45. The van der Waals surface area contributed by atoms with Crippen LogP contribution >= 0.6 is 15.6 Å². The fraction of sp³-hybridized carbons (Fsp3) is 0.937. The van der Waals surface area contributed by atoms with Gasteiger partial charge in [-0.1, -0.05) is 260 Å². The van der Waals surface area contributed by atoms with Crippen LogP contribution in [0.15, 0.2) is 0 Å². The van der Waals surface area contributed by atoms with Crippen LogP contribution < -0.4 is 0 Å². The third kappa shape index (κ3) is 57.2. The van der Waals surface area contributed by atoms with Gasteiger partial charge in [-0.3, -0.25) is 37.3 Å². The van der Waals surface area contributed by atoms with E-state index in [2.05, 4.69) is 41.5 Å². The number of rotatable bonds is 62. The molecule has 0 aromatic carbocycles. The lowest BCUT2D eigenvalue weighted by Gasteiger charge is -2.21. The first kappa shape index (κ1) is 80.1. The number of esters is 4. The molecule has 0 aromatic rings. The Bertz CT molecular complexity index is 1620. The number of phosphoric acid groups is 2. The minimum absolute atomic E-state index is 0.103. The van der Waals surface area contributed by atoms with Crippen LogP contribution in [0.4, 0.5) is 0 Å². The Morgan fingerprint density at radius 2 is 0.561 bits per heavy atom. The quantitative estimate of drug-likeness (QED) is 0.0222. The van der Waals surface area contributed by atoms with Crippen LogP contribution in [0.25, 0.3) is 0 Å². The topological polar surface area (TPSA) is 237 Å². The molecule has 82 heavy (non-hydrogen) atoms. The van der Waals surface area contributed by atoms with Crippen LogP contribution in [0.3, 0.4) is 0 Å². The molecule has 5 atom stereocenters. The molecule has 0 spiro atoms. The Balaban J connectivity index is 5.15. The number of phosphoric ester groups is 2. The number of hydrogen-bond donors (Lipinski definition) is 3. The lowest BCUT2D eigenvalue weighted by Crippen LogP contribution is -2.30. The predicted molar refractivity (Wildman–Crippen MR) is 326 cm³/mol. The van der Waals surface area contributed by atoms with E-state index in [1.165, 1.54) is 109 Å². The molecule has 0 heterocycles. The molecule has 19 heteroatoms. The number of carbonyl (C=O) groups excluding carboxylic acids is 4. The van der Waals surface area contributed by atoms with Crippen molar-refractivity contribution in [1.29, 1.82) is 0 Å². The molecule has 0 bridgehead atoms. The van der Waals surface area contributed by atoms with Crippen molar-refractivity contribution < 1.29 is 80.2 Å². The summed E-state index contributed by atoms with van der Waals surface area (Å²) in [5, 5.41) is 10.5. The first-order valence-electron chi connectivity index (χ1n) is 33.0. The SMILES string of the molecule is CCCCCCCCCC(=O)O[C@H](COC(=O)CCCCCCC)COP(=O)(O)OC[C@H](O)COP(=O)(O)OC[C@@H](COC(=O)CCCCCCCCCCCCCC(C)C)OC(=O)CCCCCCCCCCCCCCCC(C)C. The molecule has 0 amide bonds. The molecule has 0 aliphatic carbocycles. The van der Waals surface area contributed by atoms with Gasteiger partial charge in [-0.2, -0.15) is 0 Å². The van der Waals surface area contributed by atoms with Crippen LogP contribution in [0.1, 0.15) is 311 Å². The first-order valence-corrected chi connectivity index (χ1v) is 36.0. The summed E-state index contributed by atoms with van der Waals surface area (Å²) in [5.74, 6) is -0.592. The molecule has 17 nitrogen and oxygen atoms in total. The van der Waals surface area contributed by atoms with E-state index >= 15 is 0 Å². The van der Waals surface area contributed by atoms with Gasteiger partial charge >= 0.3 is 39.5 Å². The maximum Gasteiger partial charge on any atom is 0.472 e. The lowest BCUT2D eigenvalue weighted by atomic mass is 10.0. The van der Waals surface area contributed by atoms with Gasteiger partial charge < -0.3 is 33.8 Å². The smallest absolute Gasteiger partial charge is 0.462 e. The number of aliphatic hydroxyl groups is 1. The van der Waals surface area contributed by atoms with Gasteiger partial charge in [-0.15, -0.1) is 0 Å². The molecule has 0 aliphatic heterocycles. The zero-order valence-electron chi connectivity index (χ0n) is 52.8. The Hall–Kier alpha value is -1.94. The summed E-state index contributed by atoms with van der Waals surface area (Å²) in [6, 6.07) is 0. The van der Waals surface area contributed by atoms with Crippen molar-refractivity contribution in [2.24, 2.45) is 11.8 Å². The van der Waals surface area contributed by atoms with Gasteiger partial charge in [-0.05, 0) is 37.5 Å². The van der Waals surface area contributed by atoms with Crippen molar-refractivity contribution in [2.75, 3.05) is 39.6 Å². The van der Waals surface area contributed by atoms with Gasteiger partial charge in [0.25, 0.3) is 0 Å². The summed E-state index contributed by atoms with van der Waals surface area (Å²) < 4.78 is 67.7. The van der Waals surface area contributed by atoms with Crippen LogP contribution in [0.2, 0.25) is 0 Å². The van der Waals surface area contributed by atoms with E-state index in [1.807, 2.05) is 0 Å². The zero-order chi connectivity index (χ0) is 60.8. The van der Waals surface area contributed by atoms with Crippen molar-refractivity contribution in [1.82, 2.24) is 0 Å². The summed E-state index contributed by atoms with van der Waals surface area (Å²) in [5.41, 5.74) is 0. The average molecular weight is 1210 g/mol. The van der Waals surface area contributed by atoms with E-state index in [4.69, 9.17) is 37.0 Å². The summed E-state index contributed by atoms with van der Waals surface area (Å²) in [6.45, 7) is 9.38. The Kier molecular flexibility index (Phi) is 54.3. The molecule has 0 rings (SSSR count). The number of hydrogen-bond acceptors (Lipinski definition) is 15. The molecule has 0 radical (unpaired) electrons. The molecular weight excluding hydrogens is 1090 g/mol. The number of carbonyl (C=O) groups is 4. The maximum absolute atomic E-state index is 13.0. The van der Waals surface area contributed by atoms with E-state index in [1.54, 1.807) is 0 Å². The van der Waals surface area contributed by atoms with Gasteiger partial charge in [0.05, 0.1) is 26.4 Å². The summed E-state index contributed by atoms with van der Waals surface area (Å²) in [4.78, 5) is 71.8. The number of ether oxygens (including phenoxy) is 4. The number of unbranched alkanes of at least 4 members (excludes halogenated alkanes) is 32. The van der Waals surface area contributed by atoms with Gasteiger partial charge in [0.15, 0.2) is 12.2 Å². The monoisotopic (exact) mass is 1210 g/mol. The van der Waals surface area contributed by atoms with Gasteiger partial charge in [-0.25, -0.2) is 9.13 Å². The highest BCUT2D eigenvalue weighted by atomic mass is 31.2. The van der Waals surface area contributed by atoms with E-state index in [0.717, 1.165) is 121 Å². The lowest BCUT2D eigenvalue weighted by molar-refractivity contribution is -0.161. The van der Waals surface area contributed by atoms with E-state index in [-0.39, 0.29) is 25.7 Å². The summed E-state index contributed by atoms with van der Waals surface area (Å²) >= 11 is 0. The minimum Gasteiger partial charge on any atom is -0.462 e. The molecule has 0 saturated heterocycles. The molecule has 0 saturated carbocycles. The Morgan fingerprint density at radius 3 is 0.829 bits per heavy atom. The van der Waals surface area contributed by atoms with E-state index < -0.39 is 97.5 Å². The molecule has 0 aliphatic rings. The Morgan fingerprint density at radius 1 is 0.329 bits per heavy atom. The third-order valence-corrected chi connectivity index (χ3v) is 16.4. The van der Waals surface area contributed by atoms with Crippen molar-refractivity contribution >= 4 is 39.5 Å². The van der Waals surface area contributed by atoms with Crippen molar-refractivity contribution in [3.63, 3.8) is 0 Å². The van der Waals surface area contributed by atoms with Gasteiger partial charge in [0.1, 0.15) is 19.3 Å². The normalized spacial score (nSPS) is 14.3. The third-order valence-electron chi connectivity index (χ3n) is 14.5. The first-order chi connectivity index (χ1) is 39.4. The van der Waals surface area contributed by atoms with Gasteiger partial charge in [0, 0.05) is 25.7 Å². The Labute approximate surface area is 498 Å². The predicted octanol–water partition coefficient (Wildman–Crippen LogP) is 17.3. The van der Waals surface area contributed by atoms with Crippen LogP contribution in [0, 0.1) is 11.8 Å². The van der Waals surface area contributed by atoms with E-state index in [9.17, 15) is 43.2 Å². The average Bonchev–Trinajstić information content (AvgIpc) is 3.44. The molecule has 2 unspecified atom stereocenters. The highest BCUT2D eigenvalue weighted by molar-refractivity contribution is 7.47. The zero-order valence-corrected chi connectivity index (χ0v) is 54.6. The summed E-state index contributed by atoms with van der Waals surface area (Å²) in [6.07, 6.45) is 38.1. The fourth-order valence-electron chi connectivity index (χ4n) is 9.35. The molecular formula is C63H122O17P2. The number of aliphatic hydroxyl groups excluding tert-OH is 1. The van der Waals surface area contributed by atoms with Crippen molar-refractivity contribution in [2.45, 2.75) is 330 Å². The van der Waals surface area contributed by atoms with Crippen LogP contribution in [-0.2, 0) is 65.4 Å². The standard InChI is InChI=1S/C63H122O17P2/c1-7-9-11-13-26-35-41-47-62(67)79-58(51-73-60(65)45-39-31-12-10-8-2)53-77-81(69,70)75-49-57(64)50-76-82(71,72)78-54-59(52-74-61(66)46-40-34-29-24-21-17-19-23-28-33-38-44-56(5)6)80-63(68)48-42-36-30-25-20-16-14-15-18-22-27-32-37-43-55(3)4/h55-59,64H,7-54H2,1-6H3,(H,69,70)(H,71,72)/t57-,58+,59+/m0/s1.